The first-order valence-electron chi connectivity index (χ1n) is 22.4. The molecule has 0 bridgehead atoms. The molecule has 0 radical (unpaired) electrons. The molecule has 1 rings (SSSR count). The van der Waals surface area contributed by atoms with Crippen LogP contribution in [0.15, 0.2) is 85.1 Å². The molecule has 0 spiro atoms. The van der Waals surface area contributed by atoms with Crippen molar-refractivity contribution in [3.05, 3.63) is 85.1 Å². The fourth-order valence-corrected chi connectivity index (χ4v) is 6.89. The van der Waals surface area contributed by atoms with Gasteiger partial charge in [-0.15, -0.1) is 0 Å². The SMILES string of the molecule is CC/C=C\C/C=C\C/C=C\C/C=C\C/C=C\C/C=C\CCC(=O)OC[C@H](COP(=O)(O)OC[C@@H](O)COP(=O)(O)O)OC(=O)CCCCCCC/C=C\CC1OC1CCCCC. The smallest absolute Gasteiger partial charge is 0.462 e. The van der Waals surface area contributed by atoms with Crippen LogP contribution in [0.2, 0.25) is 0 Å². The van der Waals surface area contributed by atoms with Crippen LogP contribution in [0.4, 0.5) is 0 Å². The molecule has 354 valence electrons. The van der Waals surface area contributed by atoms with Crippen LogP contribution in [0.5, 0.6) is 0 Å². The highest BCUT2D eigenvalue weighted by molar-refractivity contribution is 7.47. The van der Waals surface area contributed by atoms with Gasteiger partial charge in [-0.3, -0.25) is 23.2 Å². The van der Waals surface area contributed by atoms with Crippen molar-refractivity contribution in [2.75, 3.05) is 26.4 Å². The first-order valence-corrected chi connectivity index (χ1v) is 25.4. The van der Waals surface area contributed by atoms with Gasteiger partial charge >= 0.3 is 27.6 Å². The number of hydrogen-bond donors (Lipinski definition) is 4. The third-order valence-electron chi connectivity index (χ3n) is 9.20. The third-order valence-corrected chi connectivity index (χ3v) is 10.6. The van der Waals surface area contributed by atoms with Crippen molar-refractivity contribution in [3.8, 4) is 0 Å². The molecule has 1 aliphatic heterocycles. The Balaban J connectivity index is 2.41. The molecule has 1 saturated heterocycles. The molecule has 0 aromatic heterocycles. The molecule has 3 unspecified atom stereocenters. The summed E-state index contributed by atoms with van der Waals surface area (Å²) in [6.07, 6.45) is 44.7. The van der Waals surface area contributed by atoms with Gasteiger partial charge in [0, 0.05) is 12.8 Å². The number of epoxide rings is 1. The van der Waals surface area contributed by atoms with Gasteiger partial charge < -0.3 is 34.0 Å². The maximum atomic E-state index is 12.7. The average molecular weight is 915 g/mol. The van der Waals surface area contributed by atoms with Gasteiger partial charge in [0.15, 0.2) is 6.10 Å². The van der Waals surface area contributed by atoms with Crippen molar-refractivity contribution in [1.82, 2.24) is 0 Å². The third kappa shape index (κ3) is 37.8. The maximum absolute atomic E-state index is 12.7. The Labute approximate surface area is 371 Å². The zero-order valence-corrected chi connectivity index (χ0v) is 38.9. The number of phosphoric acid groups is 2. The summed E-state index contributed by atoms with van der Waals surface area (Å²) in [7, 11) is -9.71. The molecule has 0 aliphatic carbocycles. The summed E-state index contributed by atoms with van der Waals surface area (Å²) >= 11 is 0. The first kappa shape index (κ1) is 57.3. The van der Waals surface area contributed by atoms with Gasteiger partial charge in [0.1, 0.15) is 12.7 Å². The predicted molar refractivity (Wildman–Crippen MR) is 243 cm³/mol. The molecule has 0 aromatic carbocycles. The highest BCUT2D eigenvalue weighted by Crippen LogP contribution is 2.44. The molecule has 0 saturated carbocycles. The molecule has 5 atom stereocenters. The summed E-state index contributed by atoms with van der Waals surface area (Å²) in [6.45, 7) is 1.50. The topological polar surface area (TPSA) is 208 Å². The van der Waals surface area contributed by atoms with Crippen LogP contribution in [0.3, 0.4) is 0 Å². The van der Waals surface area contributed by atoms with Crippen molar-refractivity contribution in [3.63, 3.8) is 0 Å². The van der Waals surface area contributed by atoms with Crippen LogP contribution in [0.1, 0.15) is 142 Å². The summed E-state index contributed by atoms with van der Waals surface area (Å²) in [6, 6.07) is 0. The second kappa shape index (κ2) is 37.6. The van der Waals surface area contributed by atoms with E-state index in [1.807, 2.05) is 18.2 Å². The summed E-state index contributed by atoms with van der Waals surface area (Å²) in [4.78, 5) is 52.7. The fourth-order valence-electron chi connectivity index (χ4n) is 5.73. The highest BCUT2D eigenvalue weighted by atomic mass is 31.2. The van der Waals surface area contributed by atoms with E-state index < -0.39 is 66.2 Å². The van der Waals surface area contributed by atoms with Crippen LogP contribution >= 0.6 is 15.6 Å². The number of unbranched alkanes of at least 4 members (excludes halogenated alkanes) is 7. The lowest BCUT2D eigenvalue weighted by atomic mass is 10.1. The van der Waals surface area contributed by atoms with Crippen LogP contribution in [-0.2, 0) is 46.5 Å². The van der Waals surface area contributed by atoms with Crippen molar-refractivity contribution >= 4 is 27.6 Å². The number of phosphoric ester groups is 2. The van der Waals surface area contributed by atoms with Gasteiger partial charge in [-0.2, -0.15) is 0 Å². The molecule has 14 nitrogen and oxygen atoms in total. The Morgan fingerprint density at radius 3 is 1.74 bits per heavy atom. The van der Waals surface area contributed by atoms with Crippen molar-refractivity contribution in [1.29, 1.82) is 0 Å². The average Bonchev–Trinajstić information content (AvgIpc) is 3.99. The van der Waals surface area contributed by atoms with E-state index in [-0.39, 0.29) is 12.8 Å². The largest absolute Gasteiger partial charge is 0.472 e. The highest BCUT2D eigenvalue weighted by Gasteiger charge is 2.36. The number of carbonyl (C=O) groups is 2. The summed E-state index contributed by atoms with van der Waals surface area (Å²) in [5, 5.41) is 9.75. The van der Waals surface area contributed by atoms with E-state index in [4.69, 9.17) is 28.5 Å². The number of aliphatic hydroxyl groups excluding tert-OH is 1. The molecule has 1 aliphatic rings. The van der Waals surface area contributed by atoms with Crippen LogP contribution in [0, 0.1) is 0 Å². The molecule has 1 fully saturated rings. The van der Waals surface area contributed by atoms with Crippen molar-refractivity contribution < 1.29 is 66.3 Å². The number of hydrogen-bond acceptors (Lipinski definition) is 11. The Kier molecular flexibility index (Phi) is 34.8. The zero-order chi connectivity index (χ0) is 45.6. The van der Waals surface area contributed by atoms with Crippen molar-refractivity contribution in [2.24, 2.45) is 0 Å². The standard InChI is InChI=1S/C46H76O14P2/c1-3-5-7-8-9-10-11-12-13-14-15-16-17-18-19-20-24-27-31-35-45(48)55-39-42(40-58-62(53,54)57-38-41(47)37-56-61(50,51)52)59-46(49)36-32-28-25-22-21-23-26-30-34-44-43(60-44)33-29-6-4-2/h5,7,9-10,12-13,15-16,18-19,24,26-27,30,41-44,47H,3-4,6,8,11,14,17,20-23,25,28-29,31-40H2,1-2H3,(H,53,54)(H2,50,51,52)/b7-5-,10-9-,13-12-,16-15-,19-18-,27-24-,30-26-/t41-,42+,43?,44?/m0/s1. The molecule has 16 heteroatoms. The monoisotopic (exact) mass is 914 g/mol. The van der Waals surface area contributed by atoms with Gasteiger partial charge in [-0.05, 0) is 77.0 Å². The van der Waals surface area contributed by atoms with Gasteiger partial charge in [0.2, 0.25) is 0 Å². The lowest BCUT2D eigenvalue weighted by molar-refractivity contribution is -0.161. The Hall–Kier alpha value is -2.74. The first-order chi connectivity index (χ1) is 29.8. The van der Waals surface area contributed by atoms with Gasteiger partial charge in [-0.1, -0.05) is 137 Å². The minimum absolute atomic E-state index is 0.0597. The summed E-state index contributed by atoms with van der Waals surface area (Å²) in [5.74, 6) is -1.16. The quantitative estimate of drug-likeness (QED) is 0.0148. The van der Waals surface area contributed by atoms with E-state index in [1.54, 1.807) is 0 Å². The summed E-state index contributed by atoms with van der Waals surface area (Å²) in [5.41, 5.74) is 0. The van der Waals surface area contributed by atoms with E-state index in [1.165, 1.54) is 19.3 Å². The number of ether oxygens (including phenoxy) is 3. The zero-order valence-electron chi connectivity index (χ0n) is 37.1. The molecule has 62 heavy (non-hydrogen) atoms. The maximum Gasteiger partial charge on any atom is 0.472 e. The second-order valence-electron chi connectivity index (χ2n) is 15.0. The van der Waals surface area contributed by atoms with E-state index >= 15 is 0 Å². The molecular formula is C46H76O14P2. The number of aliphatic hydroxyl groups is 1. The summed E-state index contributed by atoms with van der Waals surface area (Å²) < 4.78 is 53.5. The Morgan fingerprint density at radius 1 is 0.581 bits per heavy atom. The van der Waals surface area contributed by atoms with E-state index in [2.05, 4.69) is 89.7 Å². The lowest BCUT2D eigenvalue weighted by Crippen LogP contribution is -2.29. The van der Waals surface area contributed by atoms with E-state index in [9.17, 15) is 28.7 Å². The van der Waals surface area contributed by atoms with Crippen LogP contribution < -0.4 is 0 Å². The van der Waals surface area contributed by atoms with Crippen molar-refractivity contribution in [2.45, 2.75) is 167 Å². The van der Waals surface area contributed by atoms with Crippen LogP contribution in [0.25, 0.3) is 0 Å². The molecule has 0 amide bonds. The van der Waals surface area contributed by atoms with Gasteiger partial charge in [-0.25, -0.2) is 9.13 Å². The minimum atomic E-state index is -4.88. The van der Waals surface area contributed by atoms with Crippen LogP contribution in [-0.4, -0.2) is 82.6 Å². The van der Waals surface area contributed by atoms with E-state index in [0.717, 1.165) is 77.0 Å². The lowest BCUT2D eigenvalue weighted by Gasteiger charge is -2.20. The Bertz CT molecular complexity index is 1480. The fraction of sp³-hybridized carbons (Fsp3) is 0.652. The molecule has 0 aromatic rings. The molecule has 4 N–H and O–H groups in total. The number of allylic oxidation sites excluding steroid dienone is 13. The van der Waals surface area contributed by atoms with Gasteiger partial charge in [0.25, 0.3) is 0 Å². The molecule has 1 heterocycles. The number of carbonyl (C=O) groups excluding carboxylic acids is 2. The molecular weight excluding hydrogens is 838 g/mol. The number of esters is 2. The second-order valence-corrected chi connectivity index (χ2v) is 17.7. The van der Waals surface area contributed by atoms with E-state index in [0.29, 0.717) is 31.5 Å². The predicted octanol–water partition coefficient (Wildman–Crippen LogP) is 10.5. The minimum Gasteiger partial charge on any atom is -0.462 e. The number of rotatable bonds is 40. The normalized spacial score (nSPS) is 18.0. The Morgan fingerprint density at radius 2 is 1.13 bits per heavy atom. The van der Waals surface area contributed by atoms with Gasteiger partial charge in [0.05, 0.1) is 32.0 Å².